The summed E-state index contributed by atoms with van der Waals surface area (Å²) in [6.07, 6.45) is 3.70. The van der Waals surface area contributed by atoms with Crippen LogP contribution in [0.25, 0.3) is 0 Å². The SMILES string of the molecule is OC1(CNCc2nccn2C(F)F)CCOCC1. The number of rotatable bonds is 5. The maximum absolute atomic E-state index is 12.5. The Labute approximate surface area is 104 Å². The molecule has 5 nitrogen and oxygen atoms in total. The zero-order chi connectivity index (χ0) is 13.0. The van der Waals surface area contributed by atoms with Crippen molar-refractivity contribution in [2.75, 3.05) is 19.8 Å². The summed E-state index contributed by atoms with van der Waals surface area (Å²) in [5, 5.41) is 13.1. The summed E-state index contributed by atoms with van der Waals surface area (Å²) in [6, 6.07) is 0. The lowest BCUT2D eigenvalue weighted by Crippen LogP contribution is -2.45. The third-order valence-corrected chi connectivity index (χ3v) is 3.12. The Hall–Kier alpha value is -1.05. The van der Waals surface area contributed by atoms with E-state index >= 15 is 0 Å². The number of alkyl halides is 2. The molecule has 0 unspecified atom stereocenters. The number of hydrogen-bond donors (Lipinski definition) is 2. The van der Waals surface area contributed by atoms with Gasteiger partial charge in [-0.1, -0.05) is 0 Å². The van der Waals surface area contributed by atoms with E-state index in [1.54, 1.807) is 0 Å². The summed E-state index contributed by atoms with van der Waals surface area (Å²) in [5.41, 5.74) is -0.805. The van der Waals surface area contributed by atoms with Crippen LogP contribution in [-0.2, 0) is 11.3 Å². The van der Waals surface area contributed by atoms with Crippen molar-refractivity contribution in [3.05, 3.63) is 18.2 Å². The van der Waals surface area contributed by atoms with Gasteiger partial charge in [0.1, 0.15) is 5.82 Å². The second kappa shape index (κ2) is 5.73. The Bertz CT molecular complexity index is 378. The van der Waals surface area contributed by atoms with Gasteiger partial charge in [0, 0.05) is 45.0 Å². The molecule has 2 heterocycles. The molecule has 1 fully saturated rings. The van der Waals surface area contributed by atoms with Crippen molar-refractivity contribution in [2.24, 2.45) is 0 Å². The first-order chi connectivity index (χ1) is 8.61. The molecule has 1 aromatic rings. The van der Waals surface area contributed by atoms with E-state index < -0.39 is 12.2 Å². The molecule has 0 aliphatic carbocycles. The molecular formula is C11H17F2N3O2. The number of nitrogens with zero attached hydrogens (tertiary/aromatic N) is 2. The van der Waals surface area contributed by atoms with Crippen molar-refractivity contribution in [3.8, 4) is 0 Å². The van der Waals surface area contributed by atoms with Crippen molar-refractivity contribution in [2.45, 2.75) is 31.5 Å². The average molecular weight is 261 g/mol. The quantitative estimate of drug-likeness (QED) is 0.827. The smallest absolute Gasteiger partial charge is 0.319 e. The summed E-state index contributed by atoms with van der Waals surface area (Å²) < 4.78 is 31.1. The number of halogens is 2. The van der Waals surface area contributed by atoms with Gasteiger partial charge in [-0.3, -0.25) is 4.57 Å². The molecule has 2 N–H and O–H groups in total. The van der Waals surface area contributed by atoms with Crippen molar-refractivity contribution in [1.82, 2.24) is 14.9 Å². The zero-order valence-corrected chi connectivity index (χ0v) is 9.98. The van der Waals surface area contributed by atoms with Crippen LogP contribution in [0.15, 0.2) is 12.4 Å². The summed E-state index contributed by atoms with van der Waals surface area (Å²) in [6.45, 7) is -0.962. The van der Waals surface area contributed by atoms with Gasteiger partial charge in [0.05, 0.1) is 12.1 Å². The average Bonchev–Trinajstić information content (AvgIpc) is 2.78. The number of nitrogens with one attached hydrogen (secondary N) is 1. The molecule has 1 aliphatic heterocycles. The third kappa shape index (κ3) is 3.24. The van der Waals surface area contributed by atoms with Crippen LogP contribution in [0.3, 0.4) is 0 Å². The van der Waals surface area contributed by atoms with Gasteiger partial charge in [-0.2, -0.15) is 8.78 Å². The number of hydrogen-bond acceptors (Lipinski definition) is 4. The molecule has 102 valence electrons. The molecule has 0 bridgehead atoms. The van der Waals surface area contributed by atoms with E-state index in [2.05, 4.69) is 10.3 Å². The molecule has 0 aromatic carbocycles. The minimum atomic E-state index is -2.59. The largest absolute Gasteiger partial charge is 0.388 e. The van der Waals surface area contributed by atoms with E-state index in [0.717, 1.165) is 4.57 Å². The molecular weight excluding hydrogens is 244 g/mol. The highest BCUT2D eigenvalue weighted by molar-refractivity contribution is 4.93. The summed E-state index contributed by atoms with van der Waals surface area (Å²) in [4.78, 5) is 3.86. The van der Waals surface area contributed by atoms with Gasteiger partial charge in [-0.15, -0.1) is 0 Å². The zero-order valence-electron chi connectivity index (χ0n) is 9.98. The van der Waals surface area contributed by atoms with E-state index in [0.29, 0.717) is 32.6 Å². The molecule has 2 rings (SSSR count). The summed E-state index contributed by atoms with van der Waals surface area (Å²) >= 11 is 0. The summed E-state index contributed by atoms with van der Waals surface area (Å²) in [7, 11) is 0. The highest BCUT2D eigenvalue weighted by Gasteiger charge is 2.29. The normalized spacial score (nSPS) is 19.3. The first kappa shape index (κ1) is 13.4. The van der Waals surface area contributed by atoms with Crippen LogP contribution in [0.5, 0.6) is 0 Å². The monoisotopic (exact) mass is 261 g/mol. The van der Waals surface area contributed by atoms with Gasteiger partial charge < -0.3 is 15.2 Å². The van der Waals surface area contributed by atoms with E-state index in [1.165, 1.54) is 12.4 Å². The highest BCUT2D eigenvalue weighted by atomic mass is 19.3. The lowest BCUT2D eigenvalue weighted by Gasteiger charge is -2.32. The molecule has 0 atom stereocenters. The first-order valence-corrected chi connectivity index (χ1v) is 5.91. The molecule has 0 spiro atoms. The van der Waals surface area contributed by atoms with Gasteiger partial charge in [0.25, 0.3) is 0 Å². The molecule has 1 saturated heterocycles. The predicted molar refractivity (Wildman–Crippen MR) is 60.2 cm³/mol. The van der Waals surface area contributed by atoms with Gasteiger partial charge in [-0.25, -0.2) is 4.98 Å². The first-order valence-electron chi connectivity index (χ1n) is 5.91. The fourth-order valence-electron chi connectivity index (χ4n) is 1.99. The maximum atomic E-state index is 12.5. The Kier molecular flexibility index (Phi) is 4.26. The van der Waals surface area contributed by atoms with Gasteiger partial charge in [0.15, 0.2) is 0 Å². The van der Waals surface area contributed by atoms with Crippen LogP contribution < -0.4 is 5.32 Å². The number of imidazole rings is 1. The van der Waals surface area contributed by atoms with Gasteiger partial charge >= 0.3 is 6.55 Å². The Balaban J connectivity index is 1.82. The number of aliphatic hydroxyl groups is 1. The Morgan fingerprint density at radius 3 is 2.89 bits per heavy atom. The van der Waals surface area contributed by atoms with Gasteiger partial charge in [0.2, 0.25) is 0 Å². The van der Waals surface area contributed by atoms with Crippen LogP contribution in [0.4, 0.5) is 8.78 Å². The van der Waals surface area contributed by atoms with Crippen LogP contribution in [0.1, 0.15) is 25.2 Å². The van der Waals surface area contributed by atoms with E-state index in [1.807, 2.05) is 0 Å². The molecule has 0 saturated carbocycles. The molecule has 7 heteroatoms. The van der Waals surface area contributed by atoms with Crippen LogP contribution in [-0.4, -0.2) is 40.0 Å². The highest BCUT2D eigenvalue weighted by Crippen LogP contribution is 2.19. The Morgan fingerprint density at radius 2 is 2.22 bits per heavy atom. The topological polar surface area (TPSA) is 59.3 Å². The second-order valence-electron chi connectivity index (χ2n) is 4.47. The predicted octanol–water partition coefficient (Wildman–Crippen LogP) is 0.909. The minimum Gasteiger partial charge on any atom is -0.388 e. The van der Waals surface area contributed by atoms with Crippen molar-refractivity contribution in [1.29, 1.82) is 0 Å². The van der Waals surface area contributed by atoms with Crippen LogP contribution in [0, 0.1) is 0 Å². The number of aromatic nitrogens is 2. The second-order valence-corrected chi connectivity index (χ2v) is 4.47. The van der Waals surface area contributed by atoms with Crippen LogP contribution >= 0.6 is 0 Å². The fraction of sp³-hybridized carbons (Fsp3) is 0.727. The minimum absolute atomic E-state index is 0.209. The Morgan fingerprint density at radius 1 is 1.50 bits per heavy atom. The fourth-order valence-corrected chi connectivity index (χ4v) is 1.99. The van der Waals surface area contributed by atoms with Crippen molar-refractivity contribution < 1.29 is 18.6 Å². The van der Waals surface area contributed by atoms with Crippen molar-refractivity contribution >= 4 is 0 Å². The molecule has 0 radical (unpaired) electrons. The summed E-state index contributed by atoms with van der Waals surface area (Å²) in [5.74, 6) is 0.264. The maximum Gasteiger partial charge on any atom is 0.319 e. The van der Waals surface area contributed by atoms with Gasteiger partial charge in [-0.05, 0) is 0 Å². The molecule has 0 amide bonds. The van der Waals surface area contributed by atoms with Crippen molar-refractivity contribution in [3.63, 3.8) is 0 Å². The lowest BCUT2D eigenvalue weighted by molar-refractivity contribution is -0.0618. The molecule has 18 heavy (non-hydrogen) atoms. The standard InChI is InChI=1S/C11H17F2N3O2/c12-10(13)16-4-3-15-9(16)7-14-8-11(17)1-5-18-6-2-11/h3-4,10,14,17H,1-2,5-8H2. The van der Waals surface area contributed by atoms with Crippen LogP contribution in [0.2, 0.25) is 0 Å². The third-order valence-electron chi connectivity index (χ3n) is 3.12. The van der Waals surface area contributed by atoms with E-state index in [-0.39, 0.29) is 12.4 Å². The lowest BCUT2D eigenvalue weighted by atomic mass is 9.94. The number of ether oxygens (including phenoxy) is 1. The van der Waals surface area contributed by atoms with E-state index in [4.69, 9.17) is 4.74 Å². The molecule has 1 aliphatic rings. The van der Waals surface area contributed by atoms with E-state index in [9.17, 15) is 13.9 Å². The molecule has 1 aromatic heterocycles.